The summed E-state index contributed by atoms with van der Waals surface area (Å²) in [4.78, 5) is 18.5. The Balaban J connectivity index is 2.11. The normalized spacial score (nSPS) is 36.2. The van der Waals surface area contributed by atoms with Crippen LogP contribution >= 0.6 is 12.2 Å². The summed E-state index contributed by atoms with van der Waals surface area (Å²) in [5.41, 5.74) is -1.50. The second-order valence-electron chi connectivity index (χ2n) is 19.7. The van der Waals surface area contributed by atoms with E-state index in [4.69, 9.17) is 40.6 Å². The van der Waals surface area contributed by atoms with E-state index in [1.807, 2.05) is 77.9 Å². The molecule has 17 atom stereocenters. The minimum absolute atomic E-state index is 0.182. The maximum absolute atomic E-state index is 14.5. The van der Waals surface area contributed by atoms with E-state index >= 15 is 0 Å². The highest BCUT2D eigenvalue weighted by molar-refractivity contribution is 7.80. The van der Waals surface area contributed by atoms with Crippen molar-refractivity contribution in [1.29, 1.82) is 0 Å². The first-order valence-corrected chi connectivity index (χ1v) is 24.1. The number of aryl methyl sites for hydroxylation is 1. The van der Waals surface area contributed by atoms with Gasteiger partial charge in [0.1, 0.15) is 23.9 Å². The predicted molar refractivity (Wildman–Crippen MR) is 255 cm³/mol. The number of rotatable bonds is 17. The van der Waals surface area contributed by atoms with Crippen LogP contribution in [0.25, 0.3) is 0 Å². The van der Waals surface area contributed by atoms with Gasteiger partial charge in [-0.25, -0.2) is 0 Å². The molecule has 0 radical (unpaired) electrons. The van der Waals surface area contributed by atoms with Crippen molar-refractivity contribution in [3.8, 4) is 0 Å². The number of likely N-dealkylation sites (N-methyl/N-ethyl adjacent to an activating group) is 1. The average Bonchev–Trinajstić information content (AvgIpc) is 3.23. The molecule has 2 fully saturated rings. The number of carbonyl (C=O) groups excluding carboxylic acids is 1. The molecule has 0 aromatic heterocycles. The molecule has 16 nitrogen and oxygen atoms in total. The number of hydrogen-bond acceptors (Lipinski definition) is 15. The van der Waals surface area contributed by atoms with Crippen molar-refractivity contribution in [3.63, 3.8) is 0 Å². The third-order valence-electron chi connectivity index (χ3n) is 13.4. The Bertz CT molecular complexity index is 1570. The van der Waals surface area contributed by atoms with Crippen molar-refractivity contribution in [2.75, 3.05) is 52.8 Å². The lowest BCUT2D eigenvalue weighted by Gasteiger charge is -2.47. The van der Waals surface area contributed by atoms with E-state index in [0.717, 1.165) is 11.3 Å². The van der Waals surface area contributed by atoms with Gasteiger partial charge in [-0.05, 0) is 125 Å². The number of cyclic esters (lactones) is 1. The molecule has 0 aliphatic carbocycles. The summed E-state index contributed by atoms with van der Waals surface area (Å²) in [5.74, 6) is -2.78. The van der Waals surface area contributed by atoms with Crippen molar-refractivity contribution in [1.82, 2.24) is 15.1 Å². The van der Waals surface area contributed by atoms with Crippen LogP contribution in [0.1, 0.15) is 107 Å². The number of nitrogens with one attached hydrogen (secondary N) is 2. The molecule has 1 aromatic rings. The third kappa shape index (κ3) is 16.5. The van der Waals surface area contributed by atoms with Gasteiger partial charge >= 0.3 is 5.97 Å². The second-order valence-corrected chi connectivity index (χ2v) is 20.1. The quantitative estimate of drug-likeness (QED) is 0.0506. The summed E-state index contributed by atoms with van der Waals surface area (Å²) >= 11 is 5.58. The van der Waals surface area contributed by atoms with E-state index in [1.165, 1.54) is 6.92 Å². The Hall–Kier alpha value is -2.10. The molecule has 0 spiro atoms. The molecule has 2 saturated heterocycles. The molecule has 2 aliphatic rings. The molecule has 7 N–H and O–H groups in total. The number of esters is 1. The lowest BCUT2D eigenvalue weighted by Crippen LogP contribution is -2.59. The maximum Gasteiger partial charge on any atom is 0.311 e. The number of thiocarbonyl (C=S) groups is 1. The predicted octanol–water partition coefficient (Wildman–Crippen LogP) is 4.20. The molecule has 3 rings (SSSR count). The highest BCUT2D eigenvalue weighted by atomic mass is 32.1. The molecule has 0 amide bonds. The van der Waals surface area contributed by atoms with E-state index in [9.17, 15) is 30.3 Å². The molecular weight excluding hydrogens is 857 g/mol. The molecular formula is C48H86N4O12S. The van der Waals surface area contributed by atoms with E-state index in [-0.39, 0.29) is 43.9 Å². The van der Waals surface area contributed by atoms with Crippen molar-refractivity contribution in [3.05, 3.63) is 29.8 Å². The zero-order valence-corrected chi connectivity index (χ0v) is 42.5. The van der Waals surface area contributed by atoms with Crippen LogP contribution in [0.5, 0.6) is 0 Å². The summed E-state index contributed by atoms with van der Waals surface area (Å²) < 4.78 is 37.7. The molecule has 376 valence electrons. The number of aliphatic hydroxyl groups is 5. The monoisotopic (exact) mass is 943 g/mol. The molecule has 65 heavy (non-hydrogen) atoms. The Labute approximate surface area is 395 Å². The number of hydrogen-bond donors (Lipinski definition) is 7. The summed E-state index contributed by atoms with van der Waals surface area (Å²) in [6, 6.07) is 7.00. The van der Waals surface area contributed by atoms with Crippen molar-refractivity contribution in [2.24, 2.45) is 17.8 Å². The van der Waals surface area contributed by atoms with E-state index in [0.29, 0.717) is 37.6 Å². The van der Waals surface area contributed by atoms with Gasteiger partial charge in [-0.3, -0.25) is 9.69 Å². The standard InChI is InChI=1S/C48H86N4O12S/c1-15-38-48(11,58)42(55)33(7)52(23-16-22-49-46(65)50-36-19-17-28(2)18-20-36)27-29(3)26-47(10,57)43(64-45-40(54)37(51(12)13)25-30(4)60-45)31(5)41(32(6)44(56)62-38)63-39(21-24-59-14)61-35(9)34(8)53/h17-20,29-35,37-43,45,53-55,57-58H,15-16,21-27H2,1-14H3,(H2,49,50,65)/t29-,30-,31+,32-,33-,34-,35+,37+,38-,39+,40-,41+,42-,43-,45+,47-,48-/m1/s1. The number of nitrogens with zero attached hydrogens (tertiary/aromatic N) is 2. The van der Waals surface area contributed by atoms with Gasteiger partial charge in [0.2, 0.25) is 0 Å². The van der Waals surface area contributed by atoms with Crippen LogP contribution in [0.2, 0.25) is 0 Å². The molecule has 0 bridgehead atoms. The van der Waals surface area contributed by atoms with Crippen LogP contribution in [-0.4, -0.2) is 179 Å². The molecule has 0 unspecified atom stereocenters. The number of methoxy groups -OCH3 is 1. The van der Waals surface area contributed by atoms with Gasteiger partial charge in [-0.15, -0.1) is 0 Å². The van der Waals surface area contributed by atoms with Gasteiger partial charge < -0.3 is 69.5 Å². The summed E-state index contributed by atoms with van der Waals surface area (Å²) in [5, 5.41) is 66.2. The van der Waals surface area contributed by atoms with Crippen LogP contribution in [0, 0.1) is 24.7 Å². The zero-order chi connectivity index (χ0) is 49.0. The van der Waals surface area contributed by atoms with Gasteiger partial charge in [-0.1, -0.05) is 38.5 Å². The maximum atomic E-state index is 14.5. The Kier molecular flexibility index (Phi) is 22.9. The average molecular weight is 943 g/mol. The zero-order valence-electron chi connectivity index (χ0n) is 41.7. The first-order valence-electron chi connectivity index (χ1n) is 23.7. The van der Waals surface area contributed by atoms with Crippen LogP contribution in [0.4, 0.5) is 5.69 Å². The van der Waals surface area contributed by atoms with Gasteiger partial charge in [0.05, 0.1) is 48.6 Å². The number of aliphatic hydroxyl groups excluding tert-OH is 3. The van der Waals surface area contributed by atoms with Gasteiger partial charge in [0.25, 0.3) is 0 Å². The van der Waals surface area contributed by atoms with Crippen LogP contribution in [0.15, 0.2) is 24.3 Å². The van der Waals surface area contributed by atoms with Gasteiger partial charge in [0.15, 0.2) is 17.7 Å². The number of benzene rings is 1. The smallest absolute Gasteiger partial charge is 0.311 e. The fourth-order valence-corrected chi connectivity index (χ4v) is 9.56. The highest BCUT2D eigenvalue weighted by Gasteiger charge is 2.51. The Morgan fingerprint density at radius 2 is 1.72 bits per heavy atom. The lowest BCUT2D eigenvalue weighted by atomic mass is 9.77. The van der Waals surface area contributed by atoms with E-state index < -0.39 is 90.4 Å². The van der Waals surface area contributed by atoms with Gasteiger partial charge in [0, 0.05) is 56.9 Å². The number of carbonyl (C=O) groups is 1. The van der Waals surface area contributed by atoms with E-state index in [2.05, 4.69) is 15.5 Å². The largest absolute Gasteiger partial charge is 0.459 e. The summed E-state index contributed by atoms with van der Waals surface area (Å²) in [6.07, 6.45) is -7.86. The first-order chi connectivity index (χ1) is 30.3. The van der Waals surface area contributed by atoms with Crippen molar-refractivity contribution < 1.29 is 58.7 Å². The minimum atomic E-state index is -1.88. The van der Waals surface area contributed by atoms with E-state index in [1.54, 1.807) is 41.7 Å². The van der Waals surface area contributed by atoms with Gasteiger partial charge in [-0.2, -0.15) is 0 Å². The molecule has 1 aromatic carbocycles. The topological polar surface area (TPSA) is 204 Å². The number of anilines is 1. The summed E-state index contributed by atoms with van der Waals surface area (Å²) in [7, 11) is 5.32. The Morgan fingerprint density at radius 3 is 2.31 bits per heavy atom. The first kappa shape index (κ1) is 57.2. The van der Waals surface area contributed by atoms with Crippen molar-refractivity contribution in [2.45, 2.75) is 193 Å². The molecule has 0 saturated carbocycles. The second kappa shape index (κ2) is 26.0. The molecule has 17 heteroatoms. The number of ether oxygens (including phenoxy) is 6. The Morgan fingerprint density at radius 1 is 1.08 bits per heavy atom. The fourth-order valence-electron chi connectivity index (χ4n) is 9.34. The van der Waals surface area contributed by atoms with Crippen LogP contribution < -0.4 is 10.6 Å². The fraction of sp³-hybridized carbons (Fsp3) is 0.833. The highest BCUT2D eigenvalue weighted by Crippen LogP contribution is 2.38. The van der Waals surface area contributed by atoms with Crippen LogP contribution in [-0.2, 0) is 33.2 Å². The lowest BCUT2D eigenvalue weighted by molar-refractivity contribution is -0.306. The van der Waals surface area contributed by atoms with Crippen LogP contribution in [0.3, 0.4) is 0 Å². The molecule has 2 heterocycles. The van der Waals surface area contributed by atoms with Crippen molar-refractivity contribution >= 4 is 29.0 Å². The SMILES string of the molecule is CC[C@H]1OC(=O)[C@H](C)[C@@H](O[C@@H](CCOC)O[C@@H](C)[C@@H](C)O)[C@H](C)[C@@H](O[C@@H]2O[C@H](C)C[C@H](N(C)C)[C@H]2O)[C@](C)(O)C[C@@H](C)CN(CCCNC(=S)Nc2ccc(C)cc2)[C@H](C)[C@@H](O)[C@]1(C)O. The summed E-state index contributed by atoms with van der Waals surface area (Å²) in [6.45, 7) is 21.2. The third-order valence-corrected chi connectivity index (χ3v) is 13.6. The minimum Gasteiger partial charge on any atom is -0.459 e. The molecule has 2 aliphatic heterocycles.